The van der Waals surface area contributed by atoms with Crippen LogP contribution >= 0.6 is 0 Å². The fourth-order valence-electron chi connectivity index (χ4n) is 4.12. The van der Waals surface area contributed by atoms with Gasteiger partial charge in [0.15, 0.2) is 5.65 Å². The van der Waals surface area contributed by atoms with Crippen molar-refractivity contribution in [3.8, 4) is 0 Å². The van der Waals surface area contributed by atoms with Gasteiger partial charge < -0.3 is 4.90 Å². The molecule has 3 aromatic rings. The van der Waals surface area contributed by atoms with Crippen LogP contribution in [0.1, 0.15) is 61.0 Å². The van der Waals surface area contributed by atoms with Crippen molar-refractivity contribution in [3.63, 3.8) is 0 Å². The van der Waals surface area contributed by atoms with Crippen LogP contribution < -0.4 is 0 Å². The van der Waals surface area contributed by atoms with Crippen LogP contribution in [0.15, 0.2) is 24.4 Å². The monoisotopic (exact) mass is 420 g/mol. The molecule has 0 spiro atoms. The Bertz CT molecular complexity index is 1090. The summed E-state index contributed by atoms with van der Waals surface area (Å²) in [7, 11) is 0. The van der Waals surface area contributed by atoms with Gasteiger partial charge in [-0.1, -0.05) is 0 Å². The van der Waals surface area contributed by atoms with Gasteiger partial charge in [0.25, 0.3) is 0 Å². The minimum absolute atomic E-state index is 0.122. The standard InChI is InChI=1S/C20H23F3N6O/c1-12-10-17(20(21,22)23)29-18(25-12)11-15(26-29)16-6-4-5-9-27(16)19(30)14(3)28-13(2)7-8-24-28/h7-8,10-11,14,16H,4-6,9H2,1-3H3/t14-,16-/m1/s1. The minimum Gasteiger partial charge on any atom is -0.332 e. The number of fused-ring (bicyclic) bond motifs is 1. The van der Waals surface area contributed by atoms with Crippen LogP contribution in [-0.2, 0) is 11.0 Å². The molecule has 4 rings (SSSR count). The van der Waals surface area contributed by atoms with Crippen LogP contribution in [0.2, 0.25) is 0 Å². The lowest BCUT2D eigenvalue weighted by Crippen LogP contribution is -2.42. The molecule has 30 heavy (non-hydrogen) atoms. The van der Waals surface area contributed by atoms with Crippen LogP contribution in [0.4, 0.5) is 13.2 Å². The highest BCUT2D eigenvalue weighted by atomic mass is 19.4. The van der Waals surface area contributed by atoms with Gasteiger partial charge in [-0.2, -0.15) is 23.4 Å². The Morgan fingerprint density at radius 2 is 2.00 bits per heavy atom. The third kappa shape index (κ3) is 3.54. The van der Waals surface area contributed by atoms with E-state index >= 15 is 0 Å². The summed E-state index contributed by atoms with van der Waals surface area (Å²) in [4.78, 5) is 19.2. The van der Waals surface area contributed by atoms with Gasteiger partial charge in [0, 0.05) is 30.2 Å². The number of piperidine rings is 1. The van der Waals surface area contributed by atoms with E-state index in [1.165, 1.54) is 6.92 Å². The van der Waals surface area contributed by atoms with Gasteiger partial charge in [-0.3, -0.25) is 9.48 Å². The summed E-state index contributed by atoms with van der Waals surface area (Å²) in [5, 5.41) is 8.46. The molecule has 0 bridgehead atoms. The maximum atomic E-state index is 13.5. The van der Waals surface area contributed by atoms with E-state index in [0.29, 0.717) is 18.7 Å². The number of carbonyl (C=O) groups excluding carboxylic acids is 1. The zero-order valence-electron chi connectivity index (χ0n) is 17.0. The smallest absolute Gasteiger partial charge is 0.332 e. The van der Waals surface area contributed by atoms with E-state index in [-0.39, 0.29) is 17.2 Å². The number of hydrogen-bond donors (Lipinski definition) is 0. The molecule has 1 saturated heterocycles. The summed E-state index contributed by atoms with van der Waals surface area (Å²) in [5.74, 6) is -0.122. The maximum absolute atomic E-state index is 13.5. The lowest BCUT2D eigenvalue weighted by Gasteiger charge is -2.36. The summed E-state index contributed by atoms with van der Waals surface area (Å²) in [6.07, 6.45) is -0.562. The first-order valence-corrected chi connectivity index (χ1v) is 9.92. The van der Waals surface area contributed by atoms with Crippen molar-refractivity contribution < 1.29 is 18.0 Å². The van der Waals surface area contributed by atoms with Gasteiger partial charge in [0.2, 0.25) is 5.91 Å². The Morgan fingerprint density at radius 1 is 1.23 bits per heavy atom. The highest BCUT2D eigenvalue weighted by Crippen LogP contribution is 2.34. The molecule has 3 aromatic heterocycles. The van der Waals surface area contributed by atoms with E-state index in [1.807, 2.05) is 13.0 Å². The zero-order chi connectivity index (χ0) is 21.6. The lowest BCUT2D eigenvalue weighted by molar-refractivity contribution is -0.143. The molecule has 1 aliphatic heterocycles. The van der Waals surface area contributed by atoms with Crippen LogP contribution in [0, 0.1) is 13.8 Å². The van der Waals surface area contributed by atoms with E-state index in [9.17, 15) is 18.0 Å². The van der Waals surface area contributed by atoms with Crippen molar-refractivity contribution in [1.82, 2.24) is 29.3 Å². The Morgan fingerprint density at radius 3 is 2.67 bits per heavy atom. The molecule has 10 heteroatoms. The minimum atomic E-state index is -4.55. The Labute approximate surface area is 171 Å². The molecule has 0 aliphatic carbocycles. The number of halogens is 3. The number of likely N-dealkylation sites (tertiary alicyclic amines) is 1. The molecule has 0 radical (unpaired) electrons. The van der Waals surface area contributed by atoms with Crippen molar-refractivity contribution in [3.05, 3.63) is 47.2 Å². The van der Waals surface area contributed by atoms with Crippen molar-refractivity contribution in [2.45, 2.75) is 58.3 Å². The lowest BCUT2D eigenvalue weighted by atomic mass is 9.98. The van der Waals surface area contributed by atoms with Crippen LogP contribution in [-0.4, -0.2) is 41.7 Å². The van der Waals surface area contributed by atoms with E-state index in [4.69, 9.17) is 0 Å². The summed E-state index contributed by atoms with van der Waals surface area (Å²) in [5.41, 5.74) is 0.819. The third-order valence-corrected chi connectivity index (χ3v) is 5.58. The number of aryl methyl sites for hydroxylation is 2. The molecule has 4 heterocycles. The molecule has 2 atom stereocenters. The number of amides is 1. The van der Waals surface area contributed by atoms with Crippen molar-refractivity contribution in [2.75, 3.05) is 6.54 Å². The highest BCUT2D eigenvalue weighted by molar-refractivity contribution is 5.80. The van der Waals surface area contributed by atoms with Crippen LogP contribution in [0.5, 0.6) is 0 Å². The summed E-state index contributed by atoms with van der Waals surface area (Å²) >= 11 is 0. The number of carbonyl (C=O) groups is 1. The molecule has 1 amide bonds. The molecule has 0 unspecified atom stereocenters. The molecule has 0 N–H and O–H groups in total. The summed E-state index contributed by atoms with van der Waals surface area (Å²) in [6.45, 7) is 5.71. The van der Waals surface area contributed by atoms with Gasteiger partial charge in [-0.15, -0.1) is 0 Å². The normalized spacial score (nSPS) is 18.7. The summed E-state index contributed by atoms with van der Waals surface area (Å²) in [6, 6.07) is 3.46. The van der Waals surface area contributed by atoms with Gasteiger partial charge >= 0.3 is 6.18 Å². The van der Waals surface area contributed by atoms with E-state index in [0.717, 1.165) is 29.1 Å². The quantitative estimate of drug-likeness (QED) is 0.645. The molecule has 1 aliphatic rings. The van der Waals surface area contributed by atoms with E-state index < -0.39 is 24.0 Å². The Balaban J connectivity index is 1.72. The molecule has 1 fully saturated rings. The van der Waals surface area contributed by atoms with Gasteiger partial charge in [-0.05, 0) is 52.2 Å². The first-order chi connectivity index (χ1) is 14.2. The number of hydrogen-bond acceptors (Lipinski definition) is 4. The molecule has 0 saturated carbocycles. The van der Waals surface area contributed by atoms with Crippen molar-refractivity contribution in [2.24, 2.45) is 0 Å². The maximum Gasteiger partial charge on any atom is 0.433 e. The number of aromatic nitrogens is 5. The third-order valence-electron chi connectivity index (χ3n) is 5.58. The fourth-order valence-corrected chi connectivity index (χ4v) is 4.12. The topological polar surface area (TPSA) is 68.3 Å². The van der Waals surface area contributed by atoms with Crippen LogP contribution in [0.3, 0.4) is 0 Å². The van der Waals surface area contributed by atoms with Gasteiger partial charge in [0.1, 0.15) is 11.7 Å². The van der Waals surface area contributed by atoms with Crippen LogP contribution in [0.25, 0.3) is 5.65 Å². The Kier molecular flexibility index (Phi) is 5.03. The second-order valence-electron chi connectivity index (χ2n) is 7.76. The predicted octanol–water partition coefficient (Wildman–Crippen LogP) is 3.88. The first kappa shape index (κ1) is 20.4. The van der Waals surface area contributed by atoms with Gasteiger partial charge in [0.05, 0.1) is 11.7 Å². The van der Waals surface area contributed by atoms with E-state index in [1.54, 1.807) is 28.8 Å². The van der Waals surface area contributed by atoms with Crippen molar-refractivity contribution in [1.29, 1.82) is 0 Å². The average molecular weight is 420 g/mol. The molecular weight excluding hydrogens is 397 g/mol. The zero-order valence-corrected chi connectivity index (χ0v) is 17.0. The number of nitrogens with zero attached hydrogens (tertiary/aromatic N) is 6. The average Bonchev–Trinajstić information content (AvgIpc) is 3.31. The molecule has 160 valence electrons. The second kappa shape index (κ2) is 7.41. The second-order valence-corrected chi connectivity index (χ2v) is 7.76. The molecule has 0 aromatic carbocycles. The number of alkyl halides is 3. The van der Waals surface area contributed by atoms with E-state index in [2.05, 4.69) is 15.2 Å². The molecule has 7 nitrogen and oxygen atoms in total. The number of rotatable bonds is 3. The predicted molar refractivity (Wildman–Crippen MR) is 103 cm³/mol. The molecular formula is C20H23F3N6O. The largest absolute Gasteiger partial charge is 0.433 e. The first-order valence-electron chi connectivity index (χ1n) is 9.92. The SMILES string of the molecule is Cc1cc(C(F)(F)F)n2nc([C@H]3CCCCN3C(=O)[C@@H](C)n3nccc3C)cc2n1. The van der Waals surface area contributed by atoms with Gasteiger partial charge in [-0.25, -0.2) is 9.50 Å². The van der Waals surface area contributed by atoms with Crippen molar-refractivity contribution >= 4 is 11.6 Å². The summed E-state index contributed by atoms with van der Waals surface area (Å²) < 4.78 is 43.0. The fraction of sp³-hybridized carbons (Fsp3) is 0.500. The Hall–Kier alpha value is -2.91. The highest BCUT2D eigenvalue weighted by Gasteiger charge is 2.37.